The number of hydrogen-bond donors (Lipinski definition) is 2. The van der Waals surface area contributed by atoms with Crippen molar-refractivity contribution in [1.82, 2.24) is 7.96 Å². The fourth-order valence-corrected chi connectivity index (χ4v) is 4.05. The number of phenols is 1. The van der Waals surface area contributed by atoms with E-state index in [4.69, 9.17) is 0 Å². The third-order valence-corrected chi connectivity index (χ3v) is 5.00. The summed E-state index contributed by atoms with van der Waals surface area (Å²) >= 11 is -0.00797. The number of fused-ring (bicyclic) bond motifs is 2. The molecule has 2 aromatic carbocycles. The van der Waals surface area contributed by atoms with Crippen LogP contribution in [0.5, 0.6) is 5.75 Å². The van der Waals surface area contributed by atoms with E-state index < -0.39 is 0 Å². The normalized spacial score (nSPS) is 17.3. The van der Waals surface area contributed by atoms with Crippen molar-refractivity contribution in [2.45, 2.75) is 18.9 Å². The third kappa shape index (κ3) is 1.82. The van der Waals surface area contributed by atoms with Gasteiger partial charge in [-0.1, -0.05) is 0 Å². The molecule has 1 atom stereocenters. The van der Waals surface area contributed by atoms with Crippen molar-refractivity contribution in [2.24, 2.45) is 0 Å². The number of nitrogens with zero attached hydrogens (tertiary/aromatic N) is 2. The van der Waals surface area contributed by atoms with Gasteiger partial charge < -0.3 is 0 Å². The molecule has 0 aliphatic heterocycles. The topological polar surface area (TPSA) is 58.0 Å². The van der Waals surface area contributed by atoms with Gasteiger partial charge >= 0.3 is 122 Å². The van der Waals surface area contributed by atoms with Crippen LogP contribution in [0, 0.1) is 0 Å². The molecule has 0 saturated heterocycles. The summed E-state index contributed by atoms with van der Waals surface area (Å²) in [5, 5.41) is 13.5. The Morgan fingerprint density at radius 1 is 1.15 bits per heavy atom. The summed E-state index contributed by atoms with van der Waals surface area (Å²) in [6.07, 6.45) is 1.92. The summed E-state index contributed by atoms with van der Waals surface area (Å²) in [5.41, 5.74) is 5.29. The summed E-state index contributed by atoms with van der Waals surface area (Å²) < 4.78 is 8.91. The maximum absolute atomic E-state index is 9.91. The second kappa shape index (κ2) is 4.62. The third-order valence-electron chi connectivity index (χ3n) is 3.86. The van der Waals surface area contributed by atoms with Crippen LogP contribution in [-0.4, -0.2) is 28.0 Å². The van der Waals surface area contributed by atoms with E-state index in [0.29, 0.717) is 5.75 Å². The van der Waals surface area contributed by atoms with Crippen molar-refractivity contribution in [3.05, 3.63) is 47.5 Å². The van der Waals surface area contributed by atoms with Gasteiger partial charge in [-0.05, 0) is 0 Å². The second-order valence-corrected chi connectivity index (χ2v) is 6.13. The molecule has 5 heteroatoms. The molecular formula is C15H13N3OSe. The standard InChI is InChI=1S/C15H13N3OSe/c19-14-6-1-3-9-10(14)7-8-11(9)16-12-4-2-5-13-15(12)18-20-17-13/h1-6,11,16,19H,7-8H2. The Kier molecular flexibility index (Phi) is 2.76. The molecule has 1 aliphatic carbocycles. The zero-order valence-electron chi connectivity index (χ0n) is 10.7. The minimum atomic E-state index is -0.00797. The fourth-order valence-electron chi connectivity index (χ4n) is 2.90. The summed E-state index contributed by atoms with van der Waals surface area (Å²) in [7, 11) is 0. The molecule has 1 unspecified atom stereocenters. The van der Waals surface area contributed by atoms with Crippen LogP contribution in [0.2, 0.25) is 0 Å². The van der Waals surface area contributed by atoms with Gasteiger partial charge in [0.15, 0.2) is 0 Å². The van der Waals surface area contributed by atoms with E-state index in [0.717, 1.165) is 35.1 Å². The molecule has 3 aromatic rings. The van der Waals surface area contributed by atoms with E-state index >= 15 is 0 Å². The number of benzene rings is 2. The van der Waals surface area contributed by atoms with Crippen molar-refractivity contribution >= 4 is 31.7 Å². The predicted molar refractivity (Wildman–Crippen MR) is 79.3 cm³/mol. The zero-order chi connectivity index (χ0) is 13.5. The summed E-state index contributed by atoms with van der Waals surface area (Å²) in [6.45, 7) is 0. The van der Waals surface area contributed by atoms with Crippen LogP contribution >= 0.6 is 0 Å². The molecule has 4 nitrogen and oxygen atoms in total. The molecule has 1 aromatic heterocycles. The van der Waals surface area contributed by atoms with E-state index in [1.165, 1.54) is 5.56 Å². The average Bonchev–Trinajstić information content (AvgIpc) is 3.07. The Labute approximate surface area is 122 Å². The first kappa shape index (κ1) is 11.9. The van der Waals surface area contributed by atoms with Crippen molar-refractivity contribution in [3.63, 3.8) is 0 Å². The second-order valence-electron chi connectivity index (χ2n) is 5.02. The van der Waals surface area contributed by atoms with E-state index in [1.54, 1.807) is 6.07 Å². The summed E-state index contributed by atoms with van der Waals surface area (Å²) in [4.78, 5) is 0. The van der Waals surface area contributed by atoms with Crippen LogP contribution < -0.4 is 5.32 Å². The van der Waals surface area contributed by atoms with E-state index in [2.05, 4.69) is 25.4 Å². The van der Waals surface area contributed by atoms with Crippen molar-refractivity contribution < 1.29 is 5.11 Å². The predicted octanol–water partition coefficient (Wildman–Crippen LogP) is 2.49. The summed E-state index contributed by atoms with van der Waals surface area (Å²) in [5.74, 6) is 0.410. The first-order valence-electron chi connectivity index (χ1n) is 6.61. The number of aromatic nitrogens is 2. The molecular weight excluding hydrogens is 317 g/mol. The Hall–Kier alpha value is -1.84. The van der Waals surface area contributed by atoms with Gasteiger partial charge in [-0.3, -0.25) is 0 Å². The van der Waals surface area contributed by atoms with Gasteiger partial charge in [0.1, 0.15) is 0 Å². The first-order chi connectivity index (χ1) is 9.83. The molecule has 0 radical (unpaired) electrons. The first-order valence-corrected chi connectivity index (χ1v) is 8.15. The van der Waals surface area contributed by atoms with Gasteiger partial charge in [0.25, 0.3) is 0 Å². The van der Waals surface area contributed by atoms with Gasteiger partial charge in [-0.25, -0.2) is 0 Å². The molecule has 0 bridgehead atoms. The monoisotopic (exact) mass is 331 g/mol. The fraction of sp³-hybridized carbons (Fsp3) is 0.200. The molecule has 100 valence electrons. The molecule has 1 aliphatic rings. The number of rotatable bonds is 2. The Bertz CT molecular complexity index is 784. The SMILES string of the molecule is Oc1cccc2c1CCC2Nc1cccc2n[se]nc12. The van der Waals surface area contributed by atoms with Crippen LogP contribution in [0.4, 0.5) is 5.69 Å². The Morgan fingerprint density at radius 3 is 3.00 bits per heavy atom. The molecule has 4 rings (SSSR count). The number of nitrogens with one attached hydrogen (secondary N) is 1. The number of phenolic OH excluding ortho intramolecular Hbond substituents is 1. The molecule has 0 saturated carbocycles. The van der Waals surface area contributed by atoms with Crippen LogP contribution in [0.25, 0.3) is 11.0 Å². The number of hydrogen-bond acceptors (Lipinski definition) is 4. The molecule has 1 heterocycles. The van der Waals surface area contributed by atoms with Crippen LogP contribution in [0.1, 0.15) is 23.6 Å². The van der Waals surface area contributed by atoms with Crippen LogP contribution in [0.3, 0.4) is 0 Å². The molecule has 20 heavy (non-hydrogen) atoms. The molecule has 2 N–H and O–H groups in total. The molecule has 0 spiro atoms. The van der Waals surface area contributed by atoms with E-state index in [-0.39, 0.29) is 21.0 Å². The quantitative estimate of drug-likeness (QED) is 0.709. The van der Waals surface area contributed by atoms with Gasteiger partial charge in [0, 0.05) is 0 Å². The molecule has 0 amide bonds. The van der Waals surface area contributed by atoms with Gasteiger partial charge in [0.05, 0.1) is 0 Å². The number of aromatic hydroxyl groups is 1. The zero-order valence-corrected chi connectivity index (χ0v) is 12.4. The van der Waals surface area contributed by atoms with Gasteiger partial charge in [-0.15, -0.1) is 0 Å². The Morgan fingerprint density at radius 2 is 2.05 bits per heavy atom. The van der Waals surface area contributed by atoms with Gasteiger partial charge in [-0.2, -0.15) is 0 Å². The van der Waals surface area contributed by atoms with Crippen LogP contribution in [0.15, 0.2) is 36.4 Å². The average molecular weight is 330 g/mol. The minimum absolute atomic E-state index is 0.00797. The van der Waals surface area contributed by atoms with Crippen molar-refractivity contribution in [1.29, 1.82) is 0 Å². The van der Waals surface area contributed by atoms with Crippen molar-refractivity contribution in [3.8, 4) is 5.75 Å². The summed E-state index contributed by atoms with van der Waals surface area (Å²) in [6, 6.07) is 12.1. The van der Waals surface area contributed by atoms with E-state index in [9.17, 15) is 5.11 Å². The van der Waals surface area contributed by atoms with Crippen molar-refractivity contribution in [2.75, 3.05) is 5.32 Å². The van der Waals surface area contributed by atoms with Gasteiger partial charge in [0.2, 0.25) is 0 Å². The van der Waals surface area contributed by atoms with E-state index in [1.807, 2.05) is 18.2 Å². The Balaban J connectivity index is 1.72. The van der Waals surface area contributed by atoms with Crippen LogP contribution in [-0.2, 0) is 6.42 Å². The molecule has 0 fully saturated rings. The maximum atomic E-state index is 9.91. The number of anilines is 1.